The molecule has 0 aliphatic rings. The van der Waals surface area contributed by atoms with Gasteiger partial charge >= 0.3 is 0 Å². The molecule has 7 nitrogen and oxygen atoms in total. The molecule has 9 heteroatoms. The highest BCUT2D eigenvalue weighted by atomic mass is 32.1. The molecule has 0 spiro atoms. The SMILES string of the molecule is c1ccc(-c2ccc(-c3cc(-c4cccc(-n5c6ccccc6c6c7sccc7ccc65)c4)nc(-c4ccccc4)n3)cc2)cc1.c1ccc(-c2ccc(-c3nc(-c4ccccc4)nc(-c4cccc(-n5c6ccccc6c6c7sccc7ccc65)c4)n3)cc2)cc1. The average Bonchev–Trinajstić information content (AvgIpc) is 1.61. The van der Waals surface area contributed by atoms with E-state index in [9.17, 15) is 0 Å². The maximum Gasteiger partial charge on any atom is 0.164 e. The first kappa shape index (κ1) is 54.4. The molecule has 0 unspecified atom stereocenters. The van der Waals surface area contributed by atoms with Gasteiger partial charge in [0, 0.05) is 75.7 Å². The number of benzene rings is 12. The van der Waals surface area contributed by atoms with Crippen LogP contribution in [0.2, 0.25) is 0 Å². The van der Waals surface area contributed by atoms with Crippen LogP contribution in [0.5, 0.6) is 0 Å². The maximum absolute atomic E-state index is 5.13. The Balaban J connectivity index is 0.000000141. The number of hydrogen-bond donors (Lipinski definition) is 0. The van der Waals surface area contributed by atoms with Crippen LogP contribution in [0.1, 0.15) is 0 Å². The normalized spacial score (nSPS) is 11.5. The molecular weight excluding hydrogens is 1160 g/mol. The molecule has 18 aromatic rings. The third kappa shape index (κ3) is 9.99. The predicted octanol–water partition coefficient (Wildman–Crippen LogP) is 22.3. The number of nitrogens with zero attached hydrogens (tertiary/aromatic N) is 7. The Morgan fingerprint density at radius 3 is 1.07 bits per heavy atom. The smallest absolute Gasteiger partial charge is 0.164 e. The van der Waals surface area contributed by atoms with Crippen LogP contribution in [-0.4, -0.2) is 34.1 Å². The molecule has 92 heavy (non-hydrogen) atoms. The van der Waals surface area contributed by atoms with Crippen LogP contribution in [0.4, 0.5) is 0 Å². The van der Waals surface area contributed by atoms with Crippen LogP contribution in [0, 0.1) is 0 Å². The molecule has 6 aromatic heterocycles. The molecule has 12 aromatic carbocycles. The molecule has 0 saturated heterocycles. The number of thiophene rings is 2. The summed E-state index contributed by atoms with van der Waals surface area (Å²) >= 11 is 3.61. The first-order valence-electron chi connectivity index (χ1n) is 30.7. The molecule has 0 aliphatic heterocycles. The van der Waals surface area contributed by atoms with E-state index < -0.39 is 0 Å². The van der Waals surface area contributed by atoms with Gasteiger partial charge < -0.3 is 9.13 Å². The first-order valence-corrected chi connectivity index (χ1v) is 32.4. The fraction of sp³-hybridized carbons (Fsp3) is 0. The van der Waals surface area contributed by atoms with Crippen LogP contribution in [0.25, 0.3) is 165 Å². The summed E-state index contributed by atoms with van der Waals surface area (Å²) in [7, 11) is 0. The molecule has 0 atom stereocenters. The van der Waals surface area contributed by atoms with Gasteiger partial charge in [0.1, 0.15) is 0 Å². The first-order chi connectivity index (χ1) is 45.6. The Bertz CT molecular complexity index is 5380. The fourth-order valence-corrected chi connectivity index (χ4v) is 14.7. The van der Waals surface area contributed by atoms with Crippen molar-refractivity contribution >= 4 is 86.5 Å². The van der Waals surface area contributed by atoms with Gasteiger partial charge in [0.25, 0.3) is 0 Å². The summed E-state index contributed by atoms with van der Waals surface area (Å²) in [6.07, 6.45) is 0. The Labute approximate surface area is 538 Å². The summed E-state index contributed by atoms with van der Waals surface area (Å²) in [5.41, 5.74) is 19.3. The Morgan fingerprint density at radius 2 is 0.576 bits per heavy atom. The van der Waals surface area contributed by atoms with Crippen molar-refractivity contribution in [1.82, 2.24) is 34.1 Å². The van der Waals surface area contributed by atoms with Gasteiger partial charge in [-0.15, -0.1) is 22.7 Å². The van der Waals surface area contributed by atoms with E-state index in [0.29, 0.717) is 23.3 Å². The molecule has 0 radical (unpaired) electrons. The Kier molecular flexibility index (Phi) is 13.8. The van der Waals surface area contributed by atoms with Crippen molar-refractivity contribution in [2.75, 3.05) is 0 Å². The molecule has 432 valence electrons. The minimum atomic E-state index is 0.638. The lowest BCUT2D eigenvalue weighted by atomic mass is 10.0. The summed E-state index contributed by atoms with van der Waals surface area (Å²) in [5, 5.41) is 12.0. The highest BCUT2D eigenvalue weighted by Gasteiger charge is 2.20. The zero-order chi connectivity index (χ0) is 60.9. The van der Waals surface area contributed by atoms with Crippen LogP contribution in [0.3, 0.4) is 0 Å². The number of aromatic nitrogens is 7. The van der Waals surface area contributed by atoms with E-state index >= 15 is 0 Å². The van der Waals surface area contributed by atoms with Crippen LogP contribution in [-0.2, 0) is 0 Å². The molecule has 18 rings (SSSR count). The van der Waals surface area contributed by atoms with E-state index in [-0.39, 0.29) is 0 Å². The highest BCUT2D eigenvalue weighted by molar-refractivity contribution is 7.18. The van der Waals surface area contributed by atoms with Gasteiger partial charge in [-0.25, -0.2) is 24.9 Å². The molecule has 0 amide bonds. The Morgan fingerprint density at radius 1 is 0.228 bits per heavy atom. The lowest BCUT2D eigenvalue weighted by Gasteiger charge is -2.12. The second-order valence-electron chi connectivity index (χ2n) is 22.8. The lowest BCUT2D eigenvalue weighted by molar-refractivity contribution is 1.07. The van der Waals surface area contributed by atoms with Crippen LogP contribution in [0.15, 0.2) is 320 Å². The summed E-state index contributed by atoms with van der Waals surface area (Å²) in [5.74, 6) is 2.64. The molecular formula is C83H53N7S2. The number of hydrogen-bond acceptors (Lipinski definition) is 7. The molecule has 0 aliphatic carbocycles. The van der Waals surface area contributed by atoms with E-state index in [1.807, 2.05) is 72.0 Å². The van der Waals surface area contributed by atoms with Gasteiger partial charge in [-0.1, -0.05) is 243 Å². The quantitative estimate of drug-likeness (QED) is 0.136. The van der Waals surface area contributed by atoms with Crippen molar-refractivity contribution in [2.24, 2.45) is 0 Å². The second-order valence-corrected chi connectivity index (χ2v) is 24.6. The topological polar surface area (TPSA) is 74.3 Å². The number of fused-ring (bicyclic) bond motifs is 10. The predicted molar refractivity (Wildman–Crippen MR) is 385 cm³/mol. The van der Waals surface area contributed by atoms with E-state index in [2.05, 4.69) is 269 Å². The molecule has 0 saturated carbocycles. The monoisotopic (exact) mass is 1210 g/mol. The van der Waals surface area contributed by atoms with Gasteiger partial charge in [-0.3, -0.25) is 0 Å². The molecule has 6 heterocycles. The summed E-state index contributed by atoms with van der Waals surface area (Å²) in [6, 6.07) is 108. The van der Waals surface area contributed by atoms with Crippen LogP contribution >= 0.6 is 22.7 Å². The molecule has 0 bridgehead atoms. The van der Waals surface area contributed by atoms with Crippen molar-refractivity contribution in [1.29, 1.82) is 0 Å². The average molecular weight is 1210 g/mol. The maximum atomic E-state index is 5.13. The van der Waals surface area contributed by atoms with Gasteiger partial charge in [0.15, 0.2) is 23.3 Å². The zero-order valence-electron chi connectivity index (χ0n) is 49.5. The number of para-hydroxylation sites is 2. The van der Waals surface area contributed by atoms with Crippen molar-refractivity contribution in [3.63, 3.8) is 0 Å². The van der Waals surface area contributed by atoms with Gasteiger partial charge in [-0.05, 0) is 111 Å². The Hall–Kier alpha value is -11.8. The van der Waals surface area contributed by atoms with Gasteiger partial charge in [0.2, 0.25) is 0 Å². The molecule has 0 N–H and O–H groups in total. The van der Waals surface area contributed by atoms with E-state index in [1.54, 1.807) is 11.3 Å². The third-order valence-corrected chi connectivity index (χ3v) is 19.1. The van der Waals surface area contributed by atoms with Crippen LogP contribution < -0.4 is 0 Å². The summed E-state index contributed by atoms with van der Waals surface area (Å²) in [4.78, 5) is 25.2. The minimum absolute atomic E-state index is 0.638. The van der Waals surface area contributed by atoms with Crippen molar-refractivity contribution in [3.8, 4) is 102 Å². The molecule has 0 fully saturated rings. The summed E-state index contributed by atoms with van der Waals surface area (Å²) < 4.78 is 7.39. The second kappa shape index (κ2) is 23.3. The van der Waals surface area contributed by atoms with E-state index in [4.69, 9.17) is 24.9 Å². The number of rotatable bonds is 10. The minimum Gasteiger partial charge on any atom is -0.309 e. The van der Waals surface area contributed by atoms with Crippen molar-refractivity contribution in [2.45, 2.75) is 0 Å². The van der Waals surface area contributed by atoms with Crippen molar-refractivity contribution in [3.05, 3.63) is 320 Å². The van der Waals surface area contributed by atoms with E-state index in [0.717, 1.165) is 61.7 Å². The van der Waals surface area contributed by atoms with Gasteiger partial charge in [-0.2, -0.15) is 0 Å². The zero-order valence-corrected chi connectivity index (χ0v) is 51.2. The largest absolute Gasteiger partial charge is 0.309 e. The van der Waals surface area contributed by atoms with Gasteiger partial charge in [0.05, 0.1) is 33.5 Å². The fourth-order valence-electron chi connectivity index (χ4n) is 12.8. The third-order valence-electron chi connectivity index (χ3n) is 17.2. The van der Waals surface area contributed by atoms with E-state index in [1.165, 1.54) is 80.5 Å². The lowest BCUT2D eigenvalue weighted by Crippen LogP contribution is -2.01. The standard InChI is InChI=1S/C42H27N3S.C41H26N4S/c1-3-10-28(11-4-1)29-18-20-30(21-19-29)36-27-37(44-42(43-36)32-12-5-2-6-13-32)33-14-9-15-34(26-33)45-38-17-8-7-16-35(38)40-39(45)23-22-31-24-25-46-41(31)40;1-3-10-27(11-4-1)28-18-20-31(21-19-28)40-42-39(30-12-5-2-6-13-30)43-41(44-40)32-14-9-15-33(26-32)45-35-17-8-7-16-34(35)37-36(45)23-22-29-24-25-46-38(29)37/h1-27H;1-26H. The summed E-state index contributed by atoms with van der Waals surface area (Å²) in [6.45, 7) is 0. The van der Waals surface area contributed by atoms with Crippen molar-refractivity contribution < 1.29 is 0 Å². The highest BCUT2D eigenvalue weighted by Crippen LogP contribution is 2.42.